The largest absolute Gasteiger partial charge is 0.487 e. The van der Waals surface area contributed by atoms with Crippen molar-refractivity contribution in [1.29, 1.82) is 0 Å². The predicted octanol–water partition coefficient (Wildman–Crippen LogP) is 3.49. The van der Waals surface area contributed by atoms with Gasteiger partial charge in [-0.2, -0.15) is 0 Å². The number of aryl methyl sites for hydroxylation is 1. The maximum atomic E-state index is 13.1. The van der Waals surface area contributed by atoms with Gasteiger partial charge >= 0.3 is 0 Å². The molecule has 0 fully saturated rings. The quantitative estimate of drug-likeness (QED) is 0.828. The Morgan fingerprint density at radius 1 is 1.39 bits per heavy atom. The summed E-state index contributed by atoms with van der Waals surface area (Å²) in [6.07, 6.45) is 3.55. The van der Waals surface area contributed by atoms with E-state index in [4.69, 9.17) is 4.74 Å². The van der Waals surface area contributed by atoms with Gasteiger partial charge in [0.05, 0.1) is 18.2 Å². The summed E-state index contributed by atoms with van der Waals surface area (Å²) in [7, 11) is 0. The fraction of sp³-hybridized carbons (Fsp3) is 0.357. The van der Waals surface area contributed by atoms with Crippen LogP contribution in [0, 0.1) is 12.7 Å². The van der Waals surface area contributed by atoms with E-state index in [1.807, 2.05) is 11.5 Å². The average Bonchev–Trinajstić information content (AvgIpc) is 2.79. The molecular weight excluding hydrogens is 231 g/mol. The molecule has 1 aromatic carbocycles. The van der Waals surface area contributed by atoms with Crippen LogP contribution in [0.15, 0.2) is 30.7 Å². The predicted molar refractivity (Wildman–Crippen MR) is 68.1 cm³/mol. The lowest BCUT2D eigenvalue weighted by molar-refractivity contribution is 0.288. The third-order valence-corrected chi connectivity index (χ3v) is 2.83. The Labute approximate surface area is 106 Å². The molecule has 0 unspecified atom stereocenters. The number of hydrogen-bond donors (Lipinski definition) is 0. The maximum absolute atomic E-state index is 13.1. The highest BCUT2D eigenvalue weighted by molar-refractivity contribution is 5.32. The molecule has 1 heterocycles. The van der Waals surface area contributed by atoms with Crippen molar-refractivity contribution in [1.82, 2.24) is 9.55 Å². The van der Waals surface area contributed by atoms with Gasteiger partial charge in [-0.15, -0.1) is 0 Å². The molecule has 0 radical (unpaired) electrons. The number of hydrogen-bond acceptors (Lipinski definition) is 2. The minimum absolute atomic E-state index is 0.284. The second-order valence-electron chi connectivity index (χ2n) is 4.58. The molecule has 0 amide bonds. The Morgan fingerprint density at radius 3 is 2.89 bits per heavy atom. The van der Waals surface area contributed by atoms with E-state index in [1.54, 1.807) is 18.6 Å². The summed E-state index contributed by atoms with van der Waals surface area (Å²) in [6.45, 7) is 6.45. The van der Waals surface area contributed by atoms with E-state index >= 15 is 0 Å². The number of benzene rings is 1. The lowest BCUT2D eigenvalue weighted by Crippen LogP contribution is -2.07. The van der Waals surface area contributed by atoms with Crippen molar-refractivity contribution < 1.29 is 9.13 Å². The number of imidazole rings is 1. The van der Waals surface area contributed by atoms with Gasteiger partial charge in [0.1, 0.15) is 18.2 Å². The summed E-state index contributed by atoms with van der Waals surface area (Å²) in [5.41, 5.74) is 1.90. The van der Waals surface area contributed by atoms with E-state index in [-0.39, 0.29) is 5.82 Å². The highest BCUT2D eigenvalue weighted by Crippen LogP contribution is 2.20. The Kier molecular flexibility index (Phi) is 3.65. The molecule has 0 aliphatic rings. The second-order valence-corrected chi connectivity index (χ2v) is 4.58. The second kappa shape index (κ2) is 5.21. The molecular formula is C14H17FN2O. The molecule has 0 saturated heterocycles. The van der Waals surface area contributed by atoms with Crippen molar-refractivity contribution in [3.63, 3.8) is 0 Å². The molecule has 0 aliphatic heterocycles. The molecule has 0 N–H and O–H groups in total. The molecule has 0 spiro atoms. The molecule has 3 nitrogen and oxygen atoms in total. The van der Waals surface area contributed by atoms with Gasteiger partial charge in [-0.3, -0.25) is 0 Å². The smallest absolute Gasteiger partial charge is 0.130 e. The third kappa shape index (κ3) is 2.70. The van der Waals surface area contributed by atoms with Crippen molar-refractivity contribution >= 4 is 0 Å². The van der Waals surface area contributed by atoms with Crippen LogP contribution in [-0.4, -0.2) is 9.55 Å². The topological polar surface area (TPSA) is 27.1 Å². The van der Waals surface area contributed by atoms with Gasteiger partial charge in [0.15, 0.2) is 0 Å². The Balaban J connectivity index is 2.11. The van der Waals surface area contributed by atoms with Crippen LogP contribution in [0.1, 0.15) is 31.1 Å². The standard InChI is InChI=1S/C14H17FN2O/c1-10(2)17-9-16-7-13(17)8-18-14-6-12(15)5-4-11(14)3/h4-7,9-10H,8H2,1-3H3. The third-order valence-electron chi connectivity index (χ3n) is 2.83. The summed E-state index contributed by atoms with van der Waals surface area (Å²) < 4.78 is 20.8. The number of rotatable bonds is 4. The van der Waals surface area contributed by atoms with E-state index in [0.29, 0.717) is 18.4 Å². The molecule has 18 heavy (non-hydrogen) atoms. The fourth-order valence-corrected chi connectivity index (χ4v) is 1.79. The van der Waals surface area contributed by atoms with Gasteiger partial charge < -0.3 is 9.30 Å². The van der Waals surface area contributed by atoms with Gasteiger partial charge in [0, 0.05) is 12.1 Å². The van der Waals surface area contributed by atoms with E-state index in [9.17, 15) is 4.39 Å². The zero-order valence-electron chi connectivity index (χ0n) is 10.9. The molecule has 0 atom stereocenters. The fourth-order valence-electron chi connectivity index (χ4n) is 1.79. The van der Waals surface area contributed by atoms with Crippen LogP contribution in [0.25, 0.3) is 0 Å². The first-order valence-electron chi connectivity index (χ1n) is 5.97. The minimum Gasteiger partial charge on any atom is -0.487 e. The van der Waals surface area contributed by atoms with Crippen LogP contribution in [0.4, 0.5) is 4.39 Å². The number of halogens is 1. The van der Waals surface area contributed by atoms with E-state index < -0.39 is 0 Å². The first kappa shape index (κ1) is 12.6. The maximum Gasteiger partial charge on any atom is 0.130 e. The van der Waals surface area contributed by atoms with Gasteiger partial charge in [-0.05, 0) is 32.4 Å². The Bertz CT molecular complexity index is 534. The van der Waals surface area contributed by atoms with Crippen molar-refractivity contribution in [3.8, 4) is 5.75 Å². The summed E-state index contributed by atoms with van der Waals surface area (Å²) in [6, 6.07) is 4.89. The molecule has 1 aromatic heterocycles. The normalized spacial score (nSPS) is 10.9. The SMILES string of the molecule is Cc1ccc(F)cc1OCc1cncn1C(C)C. The van der Waals surface area contributed by atoms with Crippen LogP contribution >= 0.6 is 0 Å². The van der Waals surface area contributed by atoms with Gasteiger partial charge in [0.25, 0.3) is 0 Å². The monoisotopic (exact) mass is 248 g/mol. The van der Waals surface area contributed by atoms with E-state index in [2.05, 4.69) is 18.8 Å². The van der Waals surface area contributed by atoms with Crippen LogP contribution in [0.3, 0.4) is 0 Å². The number of nitrogens with zero attached hydrogens (tertiary/aromatic N) is 2. The number of ether oxygens (including phenoxy) is 1. The van der Waals surface area contributed by atoms with Gasteiger partial charge in [0.2, 0.25) is 0 Å². The first-order valence-corrected chi connectivity index (χ1v) is 5.97. The summed E-state index contributed by atoms with van der Waals surface area (Å²) in [5.74, 6) is 0.291. The lowest BCUT2D eigenvalue weighted by Gasteiger charge is -2.13. The van der Waals surface area contributed by atoms with E-state index in [0.717, 1.165) is 11.3 Å². The molecule has 0 saturated carbocycles. The molecule has 0 aliphatic carbocycles. The van der Waals surface area contributed by atoms with Crippen LogP contribution in [0.2, 0.25) is 0 Å². The van der Waals surface area contributed by atoms with Crippen LogP contribution < -0.4 is 4.74 Å². The van der Waals surface area contributed by atoms with Crippen molar-refractivity contribution in [2.24, 2.45) is 0 Å². The first-order chi connectivity index (χ1) is 8.58. The summed E-state index contributed by atoms with van der Waals surface area (Å²) in [4.78, 5) is 4.10. The highest BCUT2D eigenvalue weighted by Gasteiger charge is 2.07. The molecule has 2 rings (SSSR count). The van der Waals surface area contributed by atoms with Crippen LogP contribution in [0.5, 0.6) is 5.75 Å². The highest BCUT2D eigenvalue weighted by atomic mass is 19.1. The number of aromatic nitrogens is 2. The molecule has 4 heteroatoms. The zero-order chi connectivity index (χ0) is 13.1. The van der Waals surface area contributed by atoms with Crippen molar-refractivity contribution in [2.45, 2.75) is 33.4 Å². The van der Waals surface area contributed by atoms with Crippen LogP contribution in [-0.2, 0) is 6.61 Å². The molecule has 0 bridgehead atoms. The Hall–Kier alpha value is -1.84. The van der Waals surface area contributed by atoms with Crippen molar-refractivity contribution in [3.05, 3.63) is 47.8 Å². The minimum atomic E-state index is -0.284. The van der Waals surface area contributed by atoms with Crippen molar-refractivity contribution in [2.75, 3.05) is 0 Å². The van der Waals surface area contributed by atoms with Gasteiger partial charge in [-0.1, -0.05) is 6.07 Å². The van der Waals surface area contributed by atoms with Gasteiger partial charge in [-0.25, -0.2) is 9.37 Å². The molecule has 96 valence electrons. The zero-order valence-corrected chi connectivity index (χ0v) is 10.9. The Morgan fingerprint density at radius 2 is 2.17 bits per heavy atom. The lowest BCUT2D eigenvalue weighted by atomic mass is 10.2. The summed E-state index contributed by atoms with van der Waals surface area (Å²) in [5, 5.41) is 0. The average molecular weight is 248 g/mol. The summed E-state index contributed by atoms with van der Waals surface area (Å²) >= 11 is 0. The van der Waals surface area contributed by atoms with E-state index in [1.165, 1.54) is 12.1 Å². The molecule has 2 aromatic rings.